The SMILES string of the molecule is Cl.N#Cc1nc[nH]c1C(=O)O. The van der Waals surface area contributed by atoms with Gasteiger partial charge in [0.1, 0.15) is 6.07 Å². The van der Waals surface area contributed by atoms with E-state index in [1.54, 1.807) is 6.07 Å². The number of H-pyrrole nitrogens is 1. The summed E-state index contributed by atoms with van der Waals surface area (Å²) in [5.74, 6) is -1.17. The maximum absolute atomic E-state index is 10.2. The maximum atomic E-state index is 10.2. The normalized spacial score (nSPS) is 7.91. The van der Waals surface area contributed by atoms with E-state index in [2.05, 4.69) is 9.97 Å². The van der Waals surface area contributed by atoms with Gasteiger partial charge in [-0.2, -0.15) is 5.26 Å². The Morgan fingerprint density at radius 2 is 2.45 bits per heavy atom. The molecule has 0 aromatic carbocycles. The molecule has 1 aromatic rings. The molecule has 2 N–H and O–H groups in total. The van der Waals surface area contributed by atoms with Crippen LogP contribution in [0.3, 0.4) is 0 Å². The number of hydrogen-bond donors (Lipinski definition) is 2. The molecule has 1 heterocycles. The van der Waals surface area contributed by atoms with Crippen LogP contribution in [-0.2, 0) is 0 Å². The predicted octanol–water partition coefficient (Wildman–Crippen LogP) is 0.401. The number of nitriles is 1. The van der Waals surface area contributed by atoms with Gasteiger partial charge in [0.05, 0.1) is 6.33 Å². The second-order valence-electron chi connectivity index (χ2n) is 1.54. The van der Waals surface area contributed by atoms with Crippen molar-refractivity contribution < 1.29 is 9.90 Å². The summed E-state index contributed by atoms with van der Waals surface area (Å²) in [7, 11) is 0. The summed E-state index contributed by atoms with van der Waals surface area (Å²) >= 11 is 0. The van der Waals surface area contributed by atoms with E-state index in [-0.39, 0.29) is 23.8 Å². The van der Waals surface area contributed by atoms with Gasteiger partial charge < -0.3 is 10.1 Å². The molecule has 0 unspecified atom stereocenters. The first-order valence-electron chi connectivity index (χ1n) is 2.42. The fourth-order valence-electron chi connectivity index (χ4n) is 0.542. The minimum atomic E-state index is -1.17. The van der Waals surface area contributed by atoms with Gasteiger partial charge in [0.15, 0.2) is 11.4 Å². The van der Waals surface area contributed by atoms with Gasteiger partial charge in [-0.3, -0.25) is 0 Å². The smallest absolute Gasteiger partial charge is 0.355 e. The van der Waals surface area contributed by atoms with Crippen molar-refractivity contribution in [3.05, 3.63) is 17.7 Å². The predicted molar refractivity (Wildman–Crippen MR) is 37.5 cm³/mol. The molecule has 0 aliphatic rings. The van der Waals surface area contributed by atoms with Crippen molar-refractivity contribution in [1.82, 2.24) is 9.97 Å². The molecule has 0 spiro atoms. The van der Waals surface area contributed by atoms with Crippen LogP contribution < -0.4 is 0 Å². The lowest BCUT2D eigenvalue weighted by Gasteiger charge is -1.83. The van der Waals surface area contributed by atoms with E-state index in [0.29, 0.717) is 0 Å². The topological polar surface area (TPSA) is 89.8 Å². The molecule has 58 valence electrons. The molecule has 6 heteroatoms. The number of hydrogen-bond acceptors (Lipinski definition) is 3. The van der Waals surface area contributed by atoms with Crippen LogP contribution in [0.1, 0.15) is 16.2 Å². The van der Waals surface area contributed by atoms with Crippen LogP contribution in [0.15, 0.2) is 6.33 Å². The van der Waals surface area contributed by atoms with Crippen LogP contribution in [0.25, 0.3) is 0 Å². The van der Waals surface area contributed by atoms with E-state index >= 15 is 0 Å². The van der Waals surface area contributed by atoms with Crippen LogP contribution >= 0.6 is 12.4 Å². The molecule has 5 nitrogen and oxygen atoms in total. The van der Waals surface area contributed by atoms with Crippen LogP contribution in [0.4, 0.5) is 0 Å². The highest BCUT2D eigenvalue weighted by Crippen LogP contribution is 1.98. The van der Waals surface area contributed by atoms with Gasteiger partial charge in [0.2, 0.25) is 0 Å². The third kappa shape index (κ3) is 1.69. The zero-order chi connectivity index (χ0) is 7.56. The Bertz CT molecular complexity index is 301. The number of aromatic carboxylic acids is 1. The second-order valence-corrected chi connectivity index (χ2v) is 1.54. The summed E-state index contributed by atoms with van der Waals surface area (Å²) in [6, 6.07) is 1.63. The van der Waals surface area contributed by atoms with Gasteiger partial charge in [0, 0.05) is 0 Å². The number of aromatic amines is 1. The van der Waals surface area contributed by atoms with E-state index in [0.717, 1.165) is 0 Å². The Morgan fingerprint density at radius 3 is 2.82 bits per heavy atom. The standard InChI is InChI=1S/C5H3N3O2.ClH/c6-1-3-4(5(9)10)8-2-7-3;/h2H,(H,7,8)(H,9,10);1H. The summed E-state index contributed by atoms with van der Waals surface area (Å²) in [5.41, 5.74) is -0.255. The quantitative estimate of drug-likeness (QED) is 0.643. The van der Waals surface area contributed by atoms with Crippen molar-refractivity contribution in [1.29, 1.82) is 5.26 Å². The first kappa shape index (κ1) is 9.46. The highest BCUT2D eigenvalue weighted by molar-refractivity contribution is 5.87. The van der Waals surface area contributed by atoms with Crippen LogP contribution in [0, 0.1) is 11.3 Å². The molecule has 11 heavy (non-hydrogen) atoms. The van der Waals surface area contributed by atoms with E-state index in [1.165, 1.54) is 6.33 Å². The number of nitrogens with zero attached hydrogens (tertiary/aromatic N) is 2. The third-order valence-corrected chi connectivity index (χ3v) is 0.959. The lowest BCUT2D eigenvalue weighted by Crippen LogP contribution is -1.98. The zero-order valence-corrected chi connectivity index (χ0v) is 6.05. The van der Waals surface area contributed by atoms with Crippen molar-refractivity contribution in [3.63, 3.8) is 0 Å². The maximum Gasteiger partial charge on any atom is 0.355 e. The minimum Gasteiger partial charge on any atom is -0.476 e. The number of carboxylic acid groups (broad SMARTS) is 1. The molecule has 0 aliphatic heterocycles. The summed E-state index contributed by atoms with van der Waals surface area (Å²) < 4.78 is 0. The van der Waals surface area contributed by atoms with Crippen LogP contribution in [-0.4, -0.2) is 21.0 Å². The second kappa shape index (κ2) is 3.58. The number of carbonyl (C=O) groups is 1. The largest absolute Gasteiger partial charge is 0.476 e. The lowest BCUT2D eigenvalue weighted by molar-refractivity contribution is 0.0691. The van der Waals surface area contributed by atoms with Crippen LogP contribution in [0.5, 0.6) is 0 Å². The number of halogens is 1. The van der Waals surface area contributed by atoms with Crippen molar-refractivity contribution in [2.45, 2.75) is 0 Å². The highest BCUT2D eigenvalue weighted by Gasteiger charge is 2.10. The molecule has 0 fully saturated rings. The molecule has 1 aromatic heterocycles. The first-order chi connectivity index (χ1) is 4.75. The van der Waals surface area contributed by atoms with Gasteiger partial charge >= 0.3 is 5.97 Å². The average Bonchev–Trinajstić information content (AvgIpc) is 2.33. The van der Waals surface area contributed by atoms with Gasteiger partial charge in [-0.25, -0.2) is 9.78 Å². The molecule has 0 bridgehead atoms. The molecular formula is C5H4ClN3O2. The fourth-order valence-corrected chi connectivity index (χ4v) is 0.542. The zero-order valence-electron chi connectivity index (χ0n) is 5.24. The van der Waals surface area contributed by atoms with Gasteiger partial charge in [0.25, 0.3) is 0 Å². The number of rotatable bonds is 1. The summed E-state index contributed by atoms with van der Waals surface area (Å²) in [4.78, 5) is 16.0. The molecule has 0 saturated carbocycles. The Kier molecular flexibility index (Phi) is 3.08. The van der Waals surface area contributed by atoms with Crippen molar-refractivity contribution >= 4 is 18.4 Å². The first-order valence-corrected chi connectivity index (χ1v) is 2.42. The Morgan fingerprint density at radius 1 is 1.82 bits per heavy atom. The number of nitrogens with one attached hydrogen (secondary N) is 1. The molecular weight excluding hydrogens is 170 g/mol. The average molecular weight is 174 g/mol. The van der Waals surface area contributed by atoms with Crippen molar-refractivity contribution in [3.8, 4) is 6.07 Å². The van der Waals surface area contributed by atoms with Crippen molar-refractivity contribution in [2.24, 2.45) is 0 Å². The Labute approximate surface area is 68.1 Å². The van der Waals surface area contributed by atoms with Gasteiger partial charge in [-0.15, -0.1) is 12.4 Å². The number of imidazole rings is 1. The fraction of sp³-hybridized carbons (Fsp3) is 0. The van der Waals surface area contributed by atoms with Crippen molar-refractivity contribution in [2.75, 3.05) is 0 Å². The van der Waals surface area contributed by atoms with Gasteiger partial charge in [-0.1, -0.05) is 0 Å². The number of aromatic nitrogens is 2. The summed E-state index contributed by atoms with van der Waals surface area (Å²) in [6.07, 6.45) is 1.17. The summed E-state index contributed by atoms with van der Waals surface area (Å²) in [6.45, 7) is 0. The highest BCUT2D eigenvalue weighted by atomic mass is 35.5. The van der Waals surface area contributed by atoms with Gasteiger partial charge in [-0.05, 0) is 0 Å². The molecule has 1 rings (SSSR count). The molecule has 0 atom stereocenters. The van der Waals surface area contributed by atoms with E-state index in [1.807, 2.05) is 0 Å². The third-order valence-electron chi connectivity index (χ3n) is 0.959. The lowest BCUT2D eigenvalue weighted by atomic mass is 10.3. The number of carboxylic acids is 1. The van der Waals surface area contributed by atoms with E-state index in [4.69, 9.17) is 10.4 Å². The summed E-state index contributed by atoms with van der Waals surface area (Å²) in [5, 5.41) is 16.6. The molecule has 0 amide bonds. The minimum absolute atomic E-state index is 0. The molecule has 0 aliphatic carbocycles. The Hall–Kier alpha value is -1.54. The molecule has 0 radical (unpaired) electrons. The van der Waals surface area contributed by atoms with E-state index in [9.17, 15) is 4.79 Å². The monoisotopic (exact) mass is 173 g/mol. The Balaban J connectivity index is 0.000001000. The molecule has 0 saturated heterocycles. The van der Waals surface area contributed by atoms with Crippen LogP contribution in [0.2, 0.25) is 0 Å². The van der Waals surface area contributed by atoms with E-state index < -0.39 is 5.97 Å².